The third-order valence-electron chi connectivity index (χ3n) is 4.15. The molecule has 0 fully saturated rings. The second kappa shape index (κ2) is 7.87. The molecule has 4 aromatic rings. The highest BCUT2D eigenvalue weighted by molar-refractivity contribution is 7.71. The van der Waals surface area contributed by atoms with Crippen molar-refractivity contribution >= 4 is 35.3 Å². The van der Waals surface area contributed by atoms with Crippen molar-refractivity contribution in [2.24, 2.45) is 0 Å². The van der Waals surface area contributed by atoms with Crippen LogP contribution in [0.3, 0.4) is 0 Å². The molecule has 0 saturated carbocycles. The molecule has 0 bridgehead atoms. The van der Waals surface area contributed by atoms with Gasteiger partial charge in [-0.05, 0) is 42.7 Å². The van der Waals surface area contributed by atoms with Gasteiger partial charge in [0.25, 0.3) is 0 Å². The van der Waals surface area contributed by atoms with Gasteiger partial charge in [0.2, 0.25) is 5.91 Å². The van der Waals surface area contributed by atoms with Crippen molar-refractivity contribution in [3.8, 4) is 10.7 Å². The smallest absolute Gasteiger partial charge is 0.248 e. The van der Waals surface area contributed by atoms with E-state index in [-0.39, 0.29) is 5.91 Å². The minimum Gasteiger partial charge on any atom is -0.307 e. The molecule has 4 aromatic heterocycles. The van der Waals surface area contributed by atoms with E-state index in [0.717, 1.165) is 10.6 Å². The Bertz CT molecular complexity index is 1130. The minimum atomic E-state index is -0.552. The number of nitrogens with zero attached hydrogens (tertiary/aromatic N) is 5. The van der Waals surface area contributed by atoms with Gasteiger partial charge in [-0.25, -0.2) is 0 Å². The molecule has 28 heavy (non-hydrogen) atoms. The van der Waals surface area contributed by atoms with E-state index in [2.05, 4.69) is 25.6 Å². The Morgan fingerprint density at radius 3 is 2.96 bits per heavy atom. The highest BCUT2D eigenvalue weighted by Gasteiger charge is 2.22. The maximum absolute atomic E-state index is 12.8. The van der Waals surface area contributed by atoms with Crippen LogP contribution < -0.4 is 5.32 Å². The number of nitrogens with one attached hydrogen (secondary N) is 2. The minimum absolute atomic E-state index is 0.224. The molecular formula is C18H17N7OS2. The summed E-state index contributed by atoms with van der Waals surface area (Å²) in [7, 11) is 0. The summed E-state index contributed by atoms with van der Waals surface area (Å²) in [4.78, 5) is 18.0. The Morgan fingerprint density at radius 2 is 2.21 bits per heavy atom. The van der Waals surface area contributed by atoms with Gasteiger partial charge >= 0.3 is 0 Å². The lowest BCUT2D eigenvalue weighted by Gasteiger charge is -2.14. The van der Waals surface area contributed by atoms with Crippen LogP contribution in [0.15, 0.2) is 54.2 Å². The van der Waals surface area contributed by atoms with Gasteiger partial charge in [-0.15, -0.1) is 11.3 Å². The van der Waals surface area contributed by atoms with Crippen molar-refractivity contribution in [1.29, 1.82) is 0 Å². The zero-order valence-electron chi connectivity index (χ0n) is 14.9. The van der Waals surface area contributed by atoms with Gasteiger partial charge in [0.05, 0.1) is 17.1 Å². The Morgan fingerprint density at radius 1 is 1.32 bits per heavy atom. The SMILES string of the molecule is CC(C(=O)Nc1ccn(Cc2ccccn2)n1)n1c(-c2cccs2)n[nH]c1=S. The van der Waals surface area contributed by atoms with Crippen LogP contribution in [0.5, 0.6) is 0 Å². The second-order valence-electron chi connectivity index (χ2n) is 6.08. The molecule has 0 spiro atoms. The van der Waals surface area contributed by atoms with Crippen LogP contribution in [-0.2, 0) is 11.3 Å². The van der Waals surface area contributed by atoms with Crippen molar-refractivity contribution in [3.05, 3.63) is 64.6 Å². The summed E-state index contributed by atoms with van der Waals surface area (Å²) < 4.78 is 3.83. The number of thiophene rings is 1. The monoisotopic (exact) mass is 411 g/mol. The molecule has 1 atom stereocenters. The third-order valence-corrected chi connectivity index (χ3v) is 5.31. The number of amides is 1. The van der Waals surface area contributed by atoms with Crippen molar-refractivity contribution in [2.45, 2.75) is 19.5 Å². The summed E-state index contributed by atoms with van der Waals surface area (Å²) in [6.45, 7) is 2.31. The van der Waals surface area contributed by atoms with Crippen molar-refractivity contribution in [2.75, 3.05) is 5.32 Å². The lowest BCUT2D eigenvalue weighted by Crippen LogP contribution is -2.24. The Labute approximate surface area is 169 Å². The molecule has 0 aromatic carbocycles. The Hall–Kier alpha value is -3.11. The fourth-order valence-corrected chi connectivity index (χ4v) is 3.77. The summed E-state index contributed by atoms with van der Waals surface area (Å²) >= 11 is 6.86. The number of rotatable bonds is 6. The third kappa shape index (κ3) is 3.78. The molecule has 142 valence electrons. The molecule has 0 aliphatic carbocycles. The number of anilines is 1. The first-order valence-electron chi connectivity index (χ1n) is 8.57. The molecule has 0 aliphatic heterocycles. The van der Waals surface area contributed by atoms with Gasteiger partial charge in [-0.1, -0.05) is 12.1 Å². The second-order valence-corrected chi connectivity index (χ2v) is 7.42. The summed E-state index contributed by atoms with van der Waals surface area (Å²) in [5, 5.41) is 16.2. The van der Waals surface area contributed by atoms with E-state index in [4.69, 9.17) is 12.2 Å². The molecule has 10 heteroatoms. The number of carbonyl (C=O) groups is 1. The van der Waals surface area contributed by atoms with Crippen molar-refractivity contribution < 1.29 is 4.79 Å². The molecule has 1 unspecified atom stereocenters. The number of carbonyl (C=O) groups excluding carboxylic acids is 1. The first-order valence-corrected chi connectivity index (χ1v) is 9.85. The summed E-state index contributed by atoms with van der Waals surface area (Å²) in [6, 6.07) is 10.8. The molecule has 2 N–H and O–H groups in total. The highest BCUT2D eigenvalue weighted by Crippen LogP contribution is 2.26. The van der Waals surface area contributed by atoms with E-state index in [9.17, 15) is 4.79 Å². The van der Waals surface area contributed by atoms with Crippen LogP contribution in [0.2, 0.25) is 0 Å². The number of hydrogen-bond donors (Lipinski definition) is 2. The summed E-state index contributed by atoms with van der Waals surface area (Å²) in [5.74, 6) is 0.891. The zero-order chi connectivity index (χ0) is 19.5. The van der Waals surface area contributed by atoms with Gasteiger partial charge in [0.15, 0.2) is 16.4 Å². The first kappa shape index (κ1) is 18.3. The fourth-order valence-electron chi connectivity index (χ4n) is 2.77. The Kier molecular flexibility index (Phi) is 5.13. The molecule has 4 rings (SSSR count). The number of pyridine rings is 1. The molecule has 0 aliphatic rings. The van der Waals surface area contributed by atoms with Crippen LogP contribution in [0, 0.1) is 4.77 Å². The molecule has 4 heterocycles. The van der Waals surface area contributed by atoms with Crippen LogP contribution in [-0.4, -0.2) is 35.4 Å². The van der Waals surface area contributed by atoms with Gasteiger partial charge < -0.3 is 5.32 Å². The Balaban J connectivity index is 1.49. The standard InChI is InChI=1S/C18H17N7OS2/c1-12(25-16(21-22-18(25)27)14-6-4-10-28-14)17(26)20-15-7-9-24(23-15)11-13-5-2-3-8-19-13/h2-10,12H,11H2,1H3,(H,22,27)(H,20,23,26). The van der Waals surface area contributed by atoms with Crippen LogP contribution in [0.1, 0.15) is 18.7 Å². The number of H-pyrrole nitrogens is 1. The van der Waals surface area contributed by atoms with Crippen LogP contribution in [0.25, 0.3) is 10.7 Å². The van der Waals surface area contributed by atoms with Gasteiger partial charge in [0.1, 0.15) is 6.04 Å². The quantitative estimate of drug-likeness (QED) is 0.474. The molecule has 0 radical (unpaired) electrons. The maximum Gasteiger partial charge on any atom is 0.248 e. The predicted molar refractivity (Wildman–Crippen MR) is 110 cm³/mol. The highest BCUT2D eigenvalue weighted by atomic mass is 32.1. The van der Waals surface area contributed by atoms with Crippen molar-refractivity contribution in [1.82, 2.24) is 29.5 Å². The lowest BCUT2D eigenvalue weighted by atomic mass is 10.3. The number of aromatic amines is 1. The van der Waals surface area contributed by atoms with E-state index in [0.29, 0.717) is 23.0 Å². The fraction of sp³-hybridized carbons (Fsp3) is 0.167. The van der Waals surface area contributed by atoms with Gasteiger partial charge in [-0.2, -0.15) is 10.2 Å². The van der Waals surface area contributed by atoms with Crippen molar-refractivity contribution in [3.63, 3.8) is 0 Å². The summed E-state index contributed by atoms with van der Waals surface area (Å²) in [5.41, 5.74) is 0.891. The normalized spacial score (nSPS) is 12.0. The van der Waals surface area contributed by atoms with E-state index >= 15 is 0 Å². The molecule has 1 amide bonds. The van der Waals surface area contributed by atoms with E-state index in [1.165, 1.54) is 11.3 Å². The van der Waals surface area contributed by atoms with E-state index < -0.39 is 6.04 Å². The number of hydrogen-bond acceptors (Lipinski definition) is 6. The van der Waals surface area contributed by atoms with E-state index in [1.807, 2.05) is 35.7 Å². The van der Waals surface area contributed by atoms with E-state index in [1.54, 1.807) is 34.6 Å². The largest absolute Gasteiger partial charge is 0.307 e. The first-order chi connectivity index (χ1) is 13.6. The van der Waals surface area contributed by atoms with Crippen LogP contribution >= 0.6 is 23.6 Å². The van der Waals surface area contributed by atoms with Gasteiger partial charge in [-0.3, -0.25) is 24.1 Å². The lowest BCUT2D eigenvalue weighted by molar-refractivity contribution is -0.118. The molecule has 0 saturated heterocycles. The molecular weight excluding hydrogens is 394 g/mol. The topological polar surface area (TPSA) is 93.4 Å². The maximum atomic E-state index is 12.8. The van der Waals surface area contributed by atoms with Crippen LogP contribution in [0.4, 0.5) is 5.82 Å². The number of aromatic nitrogens is 6. The molecule has 8 nitrogen and oxygen atoms in total. The summed E-state index contributed by atoms with van der Waals surface area (Å²) in [6.07, 6.45) is 3.54. The average molecular weight is 412 g/mol. The van der Waals surface area contributed by atoms with Gasteiger partial charge in [0, 0.05) is 18.5 Å². The zero-order valence-corrected chi connectivity index (χ0v) is 16.6. The average Bonchev–Trinajstić information content (AvgIpc) is 3.43. The predicted octanol–water partition coefficient (Wildman–Crippen LogP) is 3.51.